The van der Waals surface area contributed by atoms with Gasteiger partial charge in [0.25, 0.3) is 0 Å². The first-order valence-corrected chi connectivity index (χ1v) is 12.8. The number of nitrogens with zero attached hydrogens (tertiary/aromatic N) is 2. The Morgan fingerprint density at radius 2 is 1.56 bits per heavy atom. The van der Waals surface area contributed by atoms with Crippen LogP contribution in [-0.2, 0) is 9.47 Å². The summed E-state index contributed by atoms with van der Waals surface area (Å²) in [7, 11) is 6.32. The minimum absolute atomic E-state index is 0.141. The van der Waals surface area contributed by atoms with Crippen molar-refractivity contribution in [2.75, 3.05) is 46.8 Å². The summed E-state index contributed by atoms with van der Waals surface area (Å²) >= 11 is 0. The van der Waals surface area contributed by atoms with Crippen molar-refractivity contribution in [3.63, 3.8) is 0 Å². The van der Waals surface area contributed by atoms with E-state index in [9.17, 15) is 10.2 Å². The van der Waals surface area contributed by atoms with Gasteiger partial charge in [-0.3, -0.25) is 5.01 Å². The molecule has 0 spiro atoms. The van der Waals surface area contributed by atoms with Crippen LogP contribution in [0, 0.1) is 23.7 Å². The zero-order chi connectivity index (χ0) is 27.3. The molecule has 6 rings (SSSR count). The smallest absolute Gasteiger partial charge is 0.231 e. The maximum Gasteiger partial charge on any atom is 0.231 e. The number of hydrogen-bond acceptors (Lipinski definition) is 10. The van der Waals surface area contributed by atoms with Crippen molar-refractivity contribution >= 4 is 11.4 Å². The molecule has 0 bridgehead atoms. The molecule has 0 radical (unpaired) electrons. The Labute approximate surface area is 226 Å². The summed E-state index contributed by atoms with van der Waals surface area (Å²) < 4.78 is 33.6. The monoisotopic (exact) mass is 536 g/mol. The van der Waals surface area contributed by atoms with Crippen LogP contribution in [0.2, 0.25) is 0 Å². The predicted octanol–water partition coefficient (Wildman–Crippen LogP) is 3.26. The van der Waals surface area contributed by atoms with E-state index in [4.69, 9.17) is 33.5 Å². The number of rotatable bonds is 7. The van der Waals surface area contributed by atoms with Crippen LogP contribution in [0.25, 0.3) is 0 Å². The number of benzene rings is 2. The van der Waals surface area contributed by atoms with Crippen molar-refractivity contribution in [3.05, 3.63) is 65.6 Å². The molecule has 2 heterocycles. The third kappa shape index (κ3) is 4.15. The molecule has 10 nitrogen and oxygen atoms in total. The minimum atomic E-state index is -1.61. The first kappa shape index (κ1) is 25.4. The summed E-state index contributed by atoms with van der Waals surface area (Å²) in [5.74, 6) is 2.08. The van der Waals surface area contributed by atoms with E-state index in [0.717, 1.165) is 22.7 Å². The number of allylic oxidation sites excluding steroid dienone is 2. The lowest BCUT2D eigenvalue weighted by atomic mass is 9.57. The van der Waals surface area contributed by atoms with Crippen molar-refractivity contribution < 1.29 is 38.6 Å². The average Bonchev–Trinajstić information content (AvgIpc) is 3.61. The van der Waals surface area contributed by atoms with E-state index < -0.39 is 12.2 Å². The summed E-state index contributed by atoms with van der Waals surface area (Å²) in [6.07, 6.45) is 2.48. The van der Waals surface area contributed by atoms with Gasteiger partial charge in [-0.25, -0.2) is 0 Å². The summed E-state index contributed by atoms with van der Waals surface area (Å²) in [4.78, 5) is 0. The summed E-state index contributed by atoms with van der Waals surface area (Å²) in [6, 6.07) is 11.5. The van der Waals surface area contributed by atoms with Gasteiger partial charge in [0.15, 0.2) is 29.3 Å². The van der Waals surface area contributed by atoms with Crippen LogP contribution >= 0.6 is 0 Å². The molecule has 10 heteroatoms. The number of anilines is 1. The van der Waals surface area contributed by atoms with Gasteiger partial charge in [0.1, 0.15) is 5.75 Å². The van der Waals surface area contributed by atoms with E-state index in [1.807, 2.05) is 47.5 Å². The summed E-state index contributed by atoms with van der Waals surface area (Å²) in [5.41, 5.74) is 2.62. The van der Waals surface area contributed by atoms with Crippen LogP contribution in [0.3, 0.4) is 0 Å². The minimum Gasteiger partial charge on any atom is -0.497 e. The molecule has 39 heavy (non-hydrogen) atoms. The molecule has 2 unspecified atom stereocenters. The zero-order valence-electron chi connectivity index (χ0n) is 22.2. The van der Waals surface area contributed by atoms with Crippen LogP contribution in [0.4, 0.5) is 5.69 Å². The molecule has 2 aliphatic carbocycles. The van der Waals surface area contributed by atoms with E-state index >= 15 is 0 Å². The third-order valence-electron chi connectivity index (χ3n) is 8.17. The molecule has 2 fully saturated rings. The highest BCUT2D eigenvalue weighted by molar-refractivity contribution is 5.96. The van der Waals surface area contributed by atoms with Gasteiger partial charge in [-0.1, -0.05) is 0 Å². The van der Waals surface area contributed by atoms with Gasteiger partial charge in [0.2, 0.25) is 12.5 Å². The molecule has 2 aliphatic heterocycles. The zero-order valence-corrected chi connectivity index (χ0v) is 22.2. The predicted molar refractivity (Wildman–Crippen MR) is 142 cm³/mol. The van der Waals surface area contributed by atoms with Crippen LogP contribution in [0.5, 0.6) is 23.0 Å². The van der Waals surface area contributed by atoms with Gasteiger partial charge in [-0.15, -0.1) is 0 Å². The van der Waals surface area contributed by atoms with Crippen LogP contribution < -0.4 is 24.0 Å². The van der Waals surface area contributed by atoms with Gasteiger partial charge in [-0.2, -0.15) is 5.10 Å². The molecule has 1 saturated carbocycles. The molecule has 2 N–H and O–H groups in total. The highest BCUT2D eigenvalue weighted by Gasteiger charge is 2.54. The number of hydrazone groups is 1. The first-order valence-electron chi connectivity index (χ1n) is 12.8. The van der Waals surface area contributed by atoms with Gasteiger partial charge in [0.05, 0.1) is 46.4 Å². The number of methoxy groups -OCH3 is 4. The lowest BCUT2D eigenvalue weighted by molar-refractivity contribution is -0.108. The van der Waals surface area contributed by atoms with Crippen LogP contribution in [-0.4, -0.2) is 64.0 Å². The molecule has 2 aromatic carbocycles. The topological polar surface area (TPSA) is 111 Å². The molecule has 2 aromatic rings. The van der Waals surface area contributed by atoms with Crippen molar-refractivity contribution in [3.8, 4) is 23.0 Å². The fraction of sp³-hybridized carbons (Fsp3) is 0.414. The second kappa shape index (κ2) is 10.0. The first-order chi connectivity index (χ1) is 19.0. The van der Waals surface area contributed by atoms with Gasteiger partial charge in [-0.05, 0) is 65.9 Å². The Morgan fingerprint density at radius 3 is 2.15 bits per heavy atom. The number of fused-ring (bicyclic) bond motifs is 4. The quantitative estimate of drug-likeness (QED) is 0.515. The normalized spacial score (nSPS) is 26.8. The Balaban J connectivity index is 1.49. The van der Waals surface area contributed by atoms with Gasteiger partial charge in [0, 0.05) is 17.8 Å². The molecule has 1 saturated heterocycles. The Hall–Kier alpha value is -3.89. The number of aliphatic hydroxyl groups is 2. The number of ether oxygens (including phenoxy) is 6. The molecule has 0 aromatic heterocycles. The fourth-order valence-corrected chi connectivity index (χ4v) is 6.44. The fourth-order valence-electron chi connectivity index (χ4n) is 6.44. The van der Waals surface area contributed by atoms with E-state index in [1.54, 1.807) is 28.4 Å². The SMILES string of the molecule is COc1ccc(N2C[C@@H]3C(=N2)C2C=C4OCOC4=CC2[C@@H](c2cc(OC)c(OC)c(OC)c2)[C@H]3C(O)O)cc1. The van der Waals surface area contributed by atoms with Gasteiger partial charge >= 0.3 is 0 Å². The molecule has 4 aliphatic rings. The average molecular weight is 537 g/mol. The third-order valence-corrected chi connectivity index (χ3v) is 8.17. The van der Waals surface area contributed by atoms with E-state index in [-0.39, 0.29) is 30.5 Å². The number of aliphatic hydroxyl groups excluding tert-OH is 1. The van der Waals surface area contributed by atoms with Crippen LogP contribution in [0.15, 0.2) is 65.2 Å². The van der Waals surface area contributed by atoms with Crippen molar-refractivity contribution in [2.45, 2.75) is 12.2 Å². The second-order valence-corrected chi connectivity index (χ2v) is 9.96. The Morgan fingerprint density at radius 1 is 0.897 bits per heavy atom. The van der Waals surface area contributed by atoms with Gasteiger partial charge < -0.3 is 38.6 Å². The summed E-state index contributed by atoms with van der Waals surface area (Å²) in [6.45, 7) is 0.636. The Bertz CT molecular complexity index is 1310. The molecule has 0 amide bonds. The van der Waals surface area contributed by atoms with Crippen molar-refractivity contribution in [2.24, 2.45) is 28.8 Å². The van der Waals surface area contributed by atoms with Crippen molar-refractivity contribution in [1.29, 1.82) is 0 Å². The largest absolute Gasteiger partial charge is 0.497 e. The lowest BCUT2D eigenvalue weighted by Gasteiger charge is -2.46. The van der Waals surface area contributed by atoms with E-state index in [2.05, 4.69) is 6.08 Å². The van der Waals surface area contributed by atoms with E-state index in [0.29, 0.717) is 35.3 Å². The molecule has 206 valence electrons. The summed E-state index contributed by atoms with van der Waals surface area (Å²) in [5, 5.41) is 28.8. The molecular formula is C29H32N2O8. The molecule has 5 atom stereocenters. The van der Waals surface area contributed by atoms with Crippen molar-refractivity contribution in [1.82, 2.24) is 0 Å². The number of hydrogen-bond donors (Lipinski definition) is 2. The highest BCUT2D eigenvalue weighted by atomic mass is 16.7. The van der Waals surface area contributed by atoms with Crippen LogP contribution in [0.1, 0.15) is 11.5 Å². The standard InChI is InChI=1S/C29H32N2O8/c1-34-17-7-5-16(6-8-17)31-13-20-26(29(32)33)25(15-9-23(35-2)28(37-4)24(10-15)36-3)18-11-21-22(39-14-38-21)12-19(18)27(20)30-31/h5-12,18-20,25-26,29,32-33H,13-14H2,1-4H3/t18?,19?,20-,25+,26-/m0/s1. The second-order valence-electron chi connectivity index (χ2n) is 9.96. The highest BCUT2D eigenvalue weighted by Crippen LogP contribution is 2.55. The maximum atomic E-state index is 10.9. The lowest BCUT2D eigenvalue weighted by Crippen LogP contribution is -2.49. The molecular weight excluding hydrogens is 504 g/mol. The Kier molecular flexibility index (Phi) is 6.52. The van der Waals surface area contributed by atoms with E-state index in [1.165, 1.54) is 0 Å². The maximum absolute atomic E-state index is 10.9.